The van der Waals surface area contributed by atoms with Gasteiger partial charge in [0.2, 0.25) is 11.8 Å². The molecule has 0 fully saturated rings. The van der Waals surface area contributed by atoms with Crippen LogP contribution < -0.4 is 10.6 Å². The van der Waals surface area contributed by atoms with E-state index in [1.165, 1.54) is 25.4 Å². The Labute approximate surface area is 158 Å². The minimum Gasteiger partial charge on any atom is -0.467 e. The summed E-state index contributed by atoms with van der Waals surface area (Å²) in [6, 6.07) is 4.23. The molecule has 0 spiro atoms. The summed E-state index contributed by atoms with van der Waals surface area (Å²) < 4.78 is 31.0. The first-order valence-electron chi connectivity index (χ1n) is 7.96. The van der Waals surface area contributed by atoms with Crippen LogP contribution in [-0.4, -0.2) is 30.9 Å². The van der Waals surface area contributed by atoms with Crippen LogP contribution in [0.2, 0.25) is 0 Å². The standard InChI is InChI=1S/C18H18F2N2O4S/c1-10(21-15(23)8-11-6-12(19)9-13(20)7-11)17(24)22-16(18(25)26-2)14-4-3-5-27-14/h3-7,9-10,16H,8H2,1-2H3,(H,21,23)(H,22,24)/t10-,16+/m0/s1. The predicted molar refractivity (Wildman–Crippen MR) is 94.9 cm³/mol. The van der Waals surface area contributed by atoms with E-state index >= 15 is 0 Å². The fraction of sp³-hybridized carbons (Fsp3) is 0.278. The largest absolute Gasteiger partial charge is 0.467 e. The van der Waals surface area contributed by atoms with E-state index in [0.29, 0.717) is 10.9 Å². The van der Waals surface area contributed by atoms with Crippen LogP contribution in [0.3, 0.4) is 0 Å². The Morgan fingerprint density at radius 1 is 1.15 bits per heavy atom. The molecule has 0 unspecified atom stereocenters. The number of esters is 1. The maximum absolute atomic E-state index is 13.2. The van der Waals surface area contributed by atoms with E-state index in [0.717, 1.165) is 12.1 Å². The van der Waals surface area contributed by atoms with Crippen molar-refractivity contribution in [3.05, 3.63) is 57.8 Å². The van der Waals surface area contributed by atoms with Crippen molar-refractivity contribution in [2.45, 2.75) is 25.4 Å². The number of thiophene rings is 1. The molecule has 0 aliphatic heterocycles. The molecule has 1 heterocycles. The molecule has 0 bridgehead atoms. The normalized spacial score (nSPS) is 12.7. The van der Waals surface area contributed by atoms with Crippen molar-refractivity contribution >= 4 is 29.1 Å². The Bertz CT molecular complexity index is 807. The number of carbonyl (C=O) groups is 3. The minimum atomic E-state index is -0.987. The van der Waals surface area contributed by atoms with Crippen molar-refractivity contribution in [2.24, 2.45) is 0 Å². The van der Waals surface area contributed by atoms with E-state index in [1.807, 2.05) is 0 Å². The Hall–Kier alpha value is -2.81. The molecule has 144 valence electrons. The van der Waals surface area contributed by atoms with Gasteiger partial charge in [0.25, 0.3) is 0 Å². The van der Waals surface area contributed by atoms with Crippen LogP contribution in [-0.2, 0) is 25.5 Å². The van der Waals surface area contributed by atoms with Crippen LogP contribution in [0.5, 0.6) is 0 Å². The van der Waals surface area contributed by atoms with Crippen molar-refractivity contribution < 1.29 is 27.9 Å². The summed E-state index contributed by atoms with van der Waals surface area (Å²) in [6.45, 7) is 1.43. The van der Waals surface area contributed by atoms with Crippen LogP contribution in [0.25, 0.3) is 0 Å². The second kappa shape index (κ2) is 9.22. The van der Waals surface area contributed by atoms with Crippen molar-refractivity contribution in [1.82, 2.24) is 10.6 Å². The second-order valence-corrected chi connectivity index (χ2v) is 6.70. The lowest BCUT2D eigenvalue weighted by Gasteiger charge is -2.19. The van der Waals surface area contributed by atoms with Gasteiger partial charge >= 0.3 is 5.97 Å². The quantitative estimate of drug-likeness (QED) is 0.702. The zero-order valence-corrected chi connectivity index (χ0v) is 15.4. The van der Waals surface area contributed by atoms with Crippen LogP contribution in [0.1, 0.15) is 23.4 Å². The smallest absolute Gasteiger partial charge is 0.333 e. The third-order valence-electron chi connectivity index (χ3n) is 3.61. The lowest BCUT2D eigenvalue weighted by molar-refractivity contribution is -0.145. The van der Waals surface area contributed by atoms with Gasteiger partial charge in [0, 0.05) is 10.9 Å². The van der Waals surface area contributed by atoms with Gasteiger partial charge in [-0.3, -0.25) is 9.59 Å². The Kier molecular flexibility index (Phi) is 7.00. The molecular formula is C18H18F2N2O4S. The van der Waals surface area contributed by atoms with E-state index in [2.05, 4.69) is 10.6 Å². The van der Waals surface area contributed by atoms with Crippen LogP contribution >= 0.6 is 11.3 Å². The molecule has 27 heavy (non-hydrogen) atoms. The maximum Gasteiger partial charge on any atom is 0.333 e. The fourth-order valence-electron chi connectivity index (χ4n) is 2.34. The van der Waals surface area contributed by atoms with Gasteiger partial charge in [-0.05, 0) is 36.1 Å². The van der Waals surface area contributed by atoms with E-state index in [1.54, 1.807) is 17.5 Å². The first-order valence-corrected chi connectivity index (χ1v) is 8.84. The first-order chi connectivity index (χ1) is 12.8. The Morgan fingerprint density at radius 3 is 2.37 bits per heavy atom. The highest BCUT2D eigenvalue weighted by molar-refractivity contribution is 7.10. The molecule has 0 saturated heterocycles. The third-order valence-corrected chi connectivity index (χ3v) is 4.55. The monoisotopic (exact) mass is 396 g/mol. The maximum atomic E-state index is 13.2. The number of carbonyl (C=O) groups excluding carboxylic acids is 3. The Morgan fingerprint density at radius 2 is 1.81 bits per heavy atom. The van der Waals surface area contributed by atoms with Gasteiger partial charge in [-0.2, -0.15) is 0 Å². The molecule has 9 heteroatoms. The number of halogens is 2. The summed E-state index contributed by atoms with van der Waals surface area (Å²) in [6.07, 6.45) is -0.294. The molecule has 0 aliphatic rings. The minimum absolute atomic E-state index is 0.142. The van der Waals surface area contributed by atoms with Crippen molar-refractivity contribution in [1.29, 1.82) is 0 Å². The first kappa shape index (κ1) is 20.5. The zero-order chi connectivity index (χ0) is 20.0. The molecule has 2 rings (SSSR count). The van der Waals surface area contributed by atoms with E-state index in [9.17, 15) is 23.2 Å². The summed E-state index contributed by atoms with van der Waals surface area (Å²) in [5, 5.41) is 6.70. The van der Waals surface area contributed by atoms with E-state index in [-0.39, 0.29) is 12.0 Å². The predicted octanol–water partition coefficient (Wildman–Crippen LogP) is 2.10. The summed E-state index contributed by atoms with van der Waals surface area (Å²) >= 11 is 1.27. The molecule has 2 atom stereocenters. The highest BCUT2D eigenvalue weighted by Gasteiger charge is 2.27. The average Bonchev–Trinajstić information content (AvgIpc) is 3.11. The number of rotatable bonds is 7. The molecule has 0 radical (unpaired) electrons. The number of benzene rings is 1. The van der Waals surface area contributed by atoms with Gasteiger partial charge < -0.3 is 15.4 Å². The second-order valence-electron chi connectivity index (χ2n) is 5.72. The van der Waals surface area contributed by atoms with E-state index < -0.39 is 41.5 Å². The van der Waals surface area contributed by atoms with Crippen molar-refractivity contribution in [2.75, 3.05) is 7.11 Å². The van der Waals surface area contributed by atoms with Gasteiger partial charge in [-0.15, -0.1) is 11.3 Å². The van der Waals surface area contributed by atoms with Crippen LogP contribution in [0.4, 0.5) is 8.78 Å². The number of nitrogens with one attached hydrogen (secondary N) is 2. The molecular weight excluding hydrogens is 378 g/mol. The number of ether oxygens (including phenoxy) is 1. The van der Waals surface area contributed by atoms with Crippen molar-refractivity contribution in [3.63, 3.8) is 0 Å². The lowest BCUT2D eigenvalue weighted by Crippen LogP contribution is -2.47. The van der Waals surface area contributed by atoms with Gasteiger partial charge in [-0.1, -0.05) is 6.07 Å². The van der Waals surface area contributed by atoms with Gasteiger partial charge in [0.05, 0.1) is 13.5 Å². The molecule has 2 N–H and O–H groups in total. The number of hydrogen-bond acceptors (Lipinski definition) is 5. The number of amides is 2. The van der Waals surface area contributed by atoms with Crippen molar-refractivity contribution in [3.8, 4) is 0 Å². The summed E-state index contributed by atoms with van der Waals surface area (Å²) in [5.41, 5.74) is 0.142. The lowest BCUT2D eigenvalue weighted by atomic mass is 10.1. The van der Waals surface area contributed by atoms with Crippen LogP contribution in [0, 0.1) is 11.6 Å². The van der Waals surface area contributed by atoms with Gasteiger partial charge in [0.1, 0.15) is 17.7 Å². The molecule has 6 nitrogen and oxygen atoms in total. The average molecular weight is 396 g/mol. The molecule has 0 saturated carbocycles. The molecule has 2 aromatic rings. The third kappa shape index (κ3) is 5.85. The zero-order valence-electron chi connectivity index (χ0n) is 14.6. The topological polar surface area (TPSA) is 84.5 Å². The SMILES string of the molecule is COC(=O)[C@H](NC(=O)[C@H](C)NC(=O)Cc1cc(F)cc(F)c1)c1cccs1. The van der Waals surface area contributed by atoms with Gasteiger partial charge in [-0.25, -0.2) is 13.6 Å². The van der Waals surface area contributed by atoms with Gasteiger partial charge in [0.15, 0.2) is 6.04 Å². The highest BCUT2D eigenvalue weighted by Crippen LogP contribution is 2.20. The molecule has 2 amide bonds. The van der Waals surface area contributed by atoms with Crippen LogP contribution in [0.15, 0.2) is 35.7 Å². The molecule has 0 aliphatic carbocycles. The summed E-state index contributed by atoms with van der Waals surface area (Å²) in [7, 11) is 1.21. The number of hydrogen-bond donors (Lipinski definition) is 2. The molecule has 1 aromatic carbocycles. The Balaban J connectivity index is 1.97. The fourth-order valence-corrected chi connectivity index (χ4v) is 3.11. The summed E-state index contributed by atoms with van der Waals surface area (Å²) in [5.74, 6) is -3.41. The molecule has 1 aromatic heterocycles. The number of methoxy groups -OCH3 is 1. The highest BCUT2D eigenvalue weighted by atomic mass is 32.1. The van der Waals surface area contributed by atoms with E-state index in [4.69, 9.17) is 4.74 Å². The summed E-state index contributed by atoms with van der Waals surface area (Å²) in [4.78, 5) is 36.8.